The highest BCUT2D eigenvalue weighted by Gasteiger charge is 2.16. The third-order valence-electron chi connectivity index (χ3n) is 2.44. The maximum atomic E-state index is 11.6. The fraction of sp³-hybridized carbons (Fsp3) is 0.533. The van der Waals surface area contributed by atoms with E-state index in [1.54, 1.807) is 13.2 Å². The molecule has 7 heteroatoms. The average Bonchev–Trinajstić information content (AvgIpc) is 2.42. The number of esters is 1. The molecule has 1 aromatic heterocycles. The van der Waals surface area contributed by atoms with Gasteiger partial charge < -0.3 is 15.4 Å². The number of aliphatic imine (C=N–C) groups is 1. The number of nitrogens with one attached hydrogen (secondary N) is 2. The minimum Gasteiger partial charge on any atom is -0.459 e. The second-order valence-electron chi connectivity index (χ2n) is 5.51. The van der Waals surface area contributed by atoms with Crippen molar-refractivity contribution in [2.75, 3.05) is 20.1 Å². The van der Waals surface area contributed by atoms with Crippen LogP contribution in [0.25, 0.3) is 0 Å². The zero-order valence-corrected chi connectivity index (χ0v) is 15.9. The summed E-state index contributed by atoms with van der Waals surface area (Å²) in [5, 5.41) is 6.05. The van der Waals surface area contributed by atoms with E-state index < -0.39 is 5.60 Å². The summed E-state index contributed by atoms with van der Waals surface area (Å²) in [4.78, 5) is 19.9. The van der Waals surface area contributed by atoms with Crippen LogP contribution in [0, 0.1) is 0 Å². The van der Waals surface area contributed by atoms with Crippen LogP contribution in [-0.2, 0) is 16.0 Å². The number of nitrogens with zero attached hydrogens (tertiary/aromatic N) is 2. The monoisotopic (exact) mass is 420 g/mol. The maximum Gasteiger partial charge on any atom is 0.325 e. The van der Waals surface area contributed by atoms with E-state index in [2.05, 4.69) is 20.6 Å². The van der Waals surface area contributed by atoms with Crippen molar-refractivity contribution in [1.82, 2.24) is 15.6 Å². The number of rotatable bonds is 5. The third kappa shape index (κ3) is 9.54. The largest absolute Gasteiger partial charge is 0.459 e. The number of hydrogen-bond donors (Lipinski definition) is 2. The van der Waals surface area contributed by atoms with Crippen LogP contribution >= 0.6 is 24.0 Å². The van der Waals surface area contributed by atoms with Gasteiger partial charge in [-0.1, -0.05) is 6.07 Å². The van der Waals surface area contributed by atoms with E-state index in [-0.39, 0.29) is 36.5 Å². The summed E-state index contributed by atoms with van der Waals surface area (Å²) in [5.74, 6) is 0.256. The Morgan fingerprint density at radius 3 is 2.59 bits per heavy atom. The van der Waals surface area contributed by atoms with Crippen LogP contribution in [0.4, 0.5) is 0 Å². The predicted molar refractivity (Wildman–Crippen MR) is 98.6 cm³/mol. The van der Waals surface area contributed by atoms with Gasteiger partial charge in [-0.05, 0) is 32.9 Å². The number of ether oxygens (including phenoxy) is 1. The van der Waals surface area contributed by atoms with Gasteiger partial charge in [0.1, 0.15) is 12.1 Å². The second-order valence-corrected chi connectivity index (χ2v) is 5.51. The summed E-state index contributed by atoms with van der Waals surface area (Å²) >= 11 is 0. The fourth-order valence-corrected chi connectivity index (χ4v) is 1.61. The molecule has 0 aliphatic carbocycles. The van der Waals surface area contributed by atoms with Crippen LogP contribution in [0.5, 0.6) is 0 Å². The van der Waals surface area contributed by atoms with Gasteiger partial charge in [0.25, 0.3) is 0 Å². The first-order valence-electron chi connectivity index (χ1n) is 6.97. The number of carbonyl (C=O) groups is 1. The van der Waals surface area contributed by atoms with Gasteiger partial charge in [-0.15, -0.1) is 24.0 Å². The number of guanidine groups is 1. The van der Waals surface area contributed by atoms with Gasteiger partial charge in [0.05, 0.1) is 0 Å². The van der Waals surface area contributed by atoms with Crippen molar-refractivity contribution in [3.8, 4) is 0 Å². The molecule has 0 radical (unpaired) electrons. The minimum atomic E-state index is -0.477. The lowest BCUT2D eigenvalue weighted by Gasteiger charge is -2.20. The number of aromatic nitrogens is 1. The van der Waals surface area contributed by atoms with E-state index in [0.29, 0.717) is 12.5 Å². The summed E-state index contributed by atoms with van der Waals surface area (Å²) in [6, 6.07) is 5.81. The summed E-state index contributed by atoms with van der Waals surface area (Å²) in [5.41, 5.74) is 0.530. The number of halogens is 1. The molecule has 0 unspecified atom stereocenters. The molecule has 0 spiro atoms. The predicted octanol–water partition coefficient (Wildman–Crippen LogP) is 1.75. The lowest BCUT2D eigenvalue weighted by molar-refractivity contribution is -0.153. The smallest absolute Gasteiger partial charge is 0.325 e. The Morgan fingerprint density at radius 1 is 1.32 bits per heavy atom. The van der Waals surface area contributed by atoms with Crippen molar-refractivity contribution in [1.29, 1.82) is 0 Å². The molecule has 0 aromatic carbocycles. The summed E-state index contributed by atoms with van der Waals surface area (Å²) in [6.45, 7) is 6.28. The fourth-order valence-electron chi connectivity index (χ4n) is 1.61. The van der Waals surface area contributed by atoms with Gasteiger partial charge in [0.2, 0.25) is 0 Å². The van der Waals surface area contributed by atoms with Crippen molar-refractivity contribution in [2.45, 2.75) is 32.8 Å². The molecule has 1 aromatic rings. The standard InChI is InChI=1S/C15H24N4O2.HI/c1-15(2,3)21-13(20)11-19-14(16-4)18-10-8-12-7-5-6-9-17-12;/h5-7,9H,8,10-11H2,1-4H3,(H2,16,18,19);1H. The van der Waals surface area contributed by atoms with Gasteiger partial charge in [-0.25, -0.2) is 0 Å². The van der Waals surface area contributed by atoms with E-state index in [4.69, 9.17) is 4.74 Å². The first-order valence-corrected chi connectivity index (χ1v) is 6.97. The first-order chi connectivity index (χ1) is 9.90. The molecule has 0 saturated carbocycles. The molecule has 0 saturated heterocycles. The Kier molecular flexibility index (Phi) is 9.71. The van der Waals surface area contributed by atoms with E-state index >= 15 is 0 Å². The molecule has 0 aliphatic heterocycles. The molecule has 0 atom stereocenters. The molecule has 6 nitrogen and oxygen atoms in total. The van der Waals surface area contributed by atoms with Crippen molar-refractivity contribution in [3.63, 3.8) is 0 Å². The highest BCUT2D eigenvalue weighted by atomic mass is 127. The highest BCUT2D eigenvalue weighted by molar-refractivity contribution is 14.0. The Balaban J connectivity index is 0.00000441. The van der Waals surface area contributed by atoms with Crippen LogP contribution in [0.1, 0.15) is 26.5 Å². The summed E-state index contributed by atoms with van der Waals surface area (Å²) in [6.07, 6.45) is 2.55. The highest BCUT2D eigenvalue weighted by Crippen LogP contribution is 2.06. The average molecular weight is 420 g/mol. The van der Waals surface area contributed by atoms with E-state index in [0.717, 1.165) is 12.1 Å². The molecular formula is C15H25IN4O2. The number of hydrogen-bond acceptors (Lipinski definition) is 4. The van der Waals surface area contributed by atoms with Gasteiger partial charge in [0.15, 0.2) is 5.96 Å². The van der Waals surface area contributed by atoms with Crippen LogP contribution in [0.3, 0.4) is 0 Å². The molecular weight excluding hydrogens is 395 g/mol. The van der Waals surface area contributed by atoms with Gasteiger partial charge >= 0.3 is 5.97 Å². The van der Waals surface area contributed by atoms with Gasteiger partial charge in [-0.3, -0.25) is 14.8 Å². The normalized spacial score (nSPS) is 11.4. The second kappa shape index (κ2) is 10.4. The molecule has 0 amide bonds. The van der Waals surface area contributed by atoms with E-state index in [1.165, 1.54) is 0 Å². The van der Waals surface area contributed by atoms with Crippen LogP contribution in [-0.4, -0.2) is 42.7 Å². The topological polar surface area (TPSA) is 75.6 Å². The van der Waals surface area contributed by atoms with Crippen molar-refractivity contribution < 1.29 is 9.53 Å². The molecule has 22 heavy (non-hydrogen) atoms. The summed E-state index contributed by atoms with van der Waals surface area (Å²) < 4.78 is 5.21. The lowest BCUT2D eigenvalue weighted by atomic mass is 10.2. The van der Waals surface area contributed by atoms with E-state index in [1.807, 2.05) is 39.0 Å². The van der Waals surface area contributed by atoms with Crippen molar-refractivity contribution in [3.05, 3.63) is 30.1 Å². The Hall–Kier alpha value is -1.38. The third-order valence-corrected chi connectivity index (χ3v) is 2.44. The zero-order chi connectivity index (χ0) is 15.7. The van der Waals surface area contributed by atoms with E-state index in [9.17, 15) is 4.79 Å². The Labute approximate surface area is 149 Å². The van der Waals surface area contributed by atoms with Crippen molar-refractivity contribution >= 4 is 35.9 Å². The number of carbonyl (C=O) groups excluding carboxylic acids is 1. The van der Waals surface area contributed by atoms with Gasteiger partial charge in [0, 0.05) is 31.9 Å². The molecule has 2 N–H and O–H groups in total. The minimum absolute atomic E-state index is 0. The zero-order valence-electron chi connectivity index (χ0n) is 13.5. The maximum absolute atomic E-state index is 11.6. The molecule has 0 fully saturated rings. The summed E-state index contributed by atoms with van der Waals surface area (Å²) in [7, 11) is 1.66. The molecule has 0 bridgehead atoms. The molecule has 124 valence electrons. The quantitative estimate of drug-likeness (QED) is 0.329. The molecule has 1 heterocycles. The lowest BCUT2D eigenvalue weighted by Crippen LogP contribution is -2.42. The first kappa shape index (κ1) is 20.6. The van der Waals surface area contributed by atoms with Crippen LogP contribution in [0.15, 0.2) is 29.4 Å². The number of pyridine rings is 1. The molecule has 0 aliphatic rings. The van der Waals surface area contributed by atoms with Gasteiger partial charge in [-0.2, -0.15) is 0 Å². The molecule has 1 rings (SSSR count). The SMILES string of the molecule is CN=C(NCCc1ccccn1)NCC(=O)OC(C)(C)C.I. The Morgan fingerprint density at radius 2 is 2.05 bits per heavy atom. The van der Waals surface area contributed by atoms with Crippen LogP contribution < -0.4 is 10.6 Å². The van der Waals surface area contributed by atoms with Crippen molar-refractivity contribution in [2.24, 2.45) is 4.99 Å². The Bertz CT molecular complexity index is 472. The van der Waals surface area contributed by atoms with Crippen LogP contribution in [0.2, 0.25) is 0 Å².